The third kappa shape index (κ3) is 10.5. The third-order valence-electron chi connectivity index (χ3n) is 23.8. The van der Waals surface area contributed by atoms with Gasteiger partial charge in [-0.15, -0.1) is 0 Å². The standard InChI is InChI=1S/C56H35NO.C54H33NO/c1-3-13-36(14-4-1)39-25-30-47-50(35-39)56(37-15-5-2-6-16-37)46-20-8-7-19-45(46)55(47)38-23-28-42(29-24-38)57-51-21-11-9-17-43(51)48-33-40(26-31-52(48)57)41-27-32-54-49(34-41)44-18-10-12-22-53(44)58-54;1-2-12-36-31-39(22-21-34(36)11-1)54-45-17-5-3-15-43(45)53(44-16-4-6-18-46(44)54)35-23-27-40(28-24-35)55-49-19-9-7-13-41(49)47-32-37(25-29-50(47)55)38-26-30-52-48(33-38)42-14-8-10-20-51(42)56-52/h1-35H;1-33H. The van der Waals surface area contributed by atoms with Crippen molar-refractivity contribution in [2.75, 3.05) is 0 Å². The topological polar surface area (TPSA) is 36.1 Å². The summed E-state index contributed by atoms with van der Waals surface area (Å²) in [4.78, 5) is 0. The molecular formula is C110H68N2O2. The van der Waals surface area contributed by atoms with Crippen molar-refractivity contribution in [1.29, 1.82) is 0 Å². The summed E-state index contributed by atoms with van der Waals surface area (Å²) in [5.74, 6) is 0. The van der Waals surface area contributed by atoms with E-state index in [1.165, 1.54) is 175 Å². The normalized spacial score (nSPS) is 11.9. The summed E-state index contributed by atoms with van der Waals surface area (Å²) in [6.45, 7) is 0. The van der Waals surface area contributed by atoms with Crippen molar-refractivity contribution in [2.24, 2.45) is 0 Å². The highest BCUT2D eigenvalue weighted by molar-refractivity contribution is 6.24. The molecule has 0 N–H and O–H groups in total. The second-order valence-corrected chi connectivity index (χ2v) is 30.1. The molecule has 0 unspecified atom stereocenters. The Morgan fingerprint density at radius 1 is 0.140 bits per heavy atom. The van der Waals surface area contributed by atoms with Gasteiger partial charge in [-0.2, -0.15) is 0 Å². The predicted octanol–water partition coefficient (Wildman–Crippen LogP) is 30.8. The molecule has 0 bridgehead atoms. The Balaban J connectivity index is 0.000000135. The number of fused-ring (bicyclic) bond motifs is 17. The molecule has 0 spiro atoms. The van der Waals surface area contributed by atoms with E-state index in [2.05, 4.69) is 397 Å². The second-order valence-electron chi connectivity index (χ2n) is 30.1. The van der Waals surface area contributed by atoms with Crippen LogP contribution in [0.25, 0.3) is 231 Å². The first-order chi connectivity index (χ1) is 56.5. The number of para-hydroxylation sites is 4. The first-order valence-electron chi connectivity index (χ1n) is 39.2. The summed E-state index contributed by atoms with van der Waals surface area (Å²) >= 11 is 0. The van der Waals surface area contributed by atoms with Gasteiger partial charge in [0.1, 0.15) is 22.3 Å². The molecule has 0 fully saturated rings. The highest BCUT2D eigenvalue weighted by Gasteiger charge is 2.23. The number of hydrogen-bond donors (Lipinski definition) is 0. The molecule has 4 heteroatoms. The lowest BCUT2D eigenvalue weighted by atomic mass is 9.85. The third-order valence-corrected chi connectivity index (χ3v) is 23.8. The quantitative estimate of drug-likeness (QED) is 0.135. The van der Waals surface area contributed by atoms with Gasteiger partial charge < -0.3 is 18.0 Å². The maximum Gasteiger partial charge on any atom is 0.135 e. The minimum Gasteiger partial charge on any atom is -0.456 e. The minimum atomic E-state index is 0.913. The van der Waals surface area contributed by atoms with Crippen molar-refractivity contribution < 1.29 is 8.83 Å². The molecule has 4 aromatic heterocycles. The van der Waals surface area contributed by atoms with E-state index in [4.69, 9.17) is 8.83 Å². The largest absolute Gasteiger partial charge is 0.456 e. The zero-order valence-electron chi connectivity index (χ0n) is 62.0. The molecule has 0 saturated carbocycles. The van der Waals surface area contributed by atoms with Crippen molar-refractivity contribution in [3.63, 3.8) is 0 Å². The monoisotopic (exact) mass is 1450 g/mol. The highest BCUT2D eigenvalue weighted by Crippen LogP contribution is 2.49. The number of benzene rings is 20. The molecule has 0 aliphatic carbocycles. The van der Waals surface area contributed by atoms with E-state index in [0.29, 0.717) is 0 Å². The fraction of sp³-hybridized carbons (Fsp3) is 0. The van der Waals surface area contributed by atoms with Gasteiger partial charge in [-0.3, -0.25) is 0 Å². The Kier molecular flexibility index (Phi) is 15.0. The summed E-state index contributed by atoms with van der Waals surface area (Å²) in [5.41, 5.74) is 27.8. The van der Waals surface area contributed by atoms with Crippen LogP contribution in [0.1, 0.15) is 0 Å². The van der Waals surface area contributed by atoms with E-state index >= 15 is 0 Å². The average Bonchev–Trinajstić information content (AvgIpc) is 0.948. The van der Waals surface area contributed by atoms with E-state index in [1.807, 2.05) is 24.3 Å². The van der Waals surface area contributed by atoms with Crippen LogP contribution in [-0.2, 0) is 0 Å². The Hall–Kier alpha value is -15.1. The van der Waals surface area contributed by atoms with E-state index in [0.717, 1.165) is 55.3 Å². The fourth-order valence-electron chi connectivity index (χ4n) is 18.5. The van der Waals surface area contributed by atoms with Crippen LogP contribution in [0.2, 0.25) is 0 Å². The zero-order chi connectivity index (χ0) is 74.9. The van der Waals surface area contributed by atoms with E-state index in [9.17, 15) is 0 Å². The molecule has 0 aliphatic heterocycles. The maximum atomic E-state index is 6.14. The molecular weight excluding hydrogens is 1380 g/mol. The molecule has 0 atom stereocenters. The van der Waals surface area contributed by atoms with E-state index in [-0.39, 0.29) is 0 Å². The molecule has 20 aromatic carbocycles. The Bertz CT molecular complexity index is 7960. The van der Waals surface area contributed by atoms with Crippen molar-refractivity contribution in [2.45, 2.75) is 0 Å². The SMILES string of the molecule is c1ccc(-c2ccc3c(-c4ccc(-n5c6ccccc6c6cc(-c7ccc8oc9ccccc9c8c7)ccc65)cc4)c4ccccc4c(-c4ccccc4)c3c2)cc1.c1ccc2cc(-c3c4ccccc4c(-c4ccc(-n5c6ccccc6c6cc(-c7ccc8oc9ccccc9c8c7)ccc65)cc4)c4ccccc34)ccc2c1. The number of rotatable bonds is 9. The fourth-order valence-corrected chi connectivity index (χ4v) is 18.5. The Labute approximate surface area is 656 Å². The van der Waals surface area contributed by atoms with Gasteiger partial charge in [0.25, 0.3) is 0 Å². The molecule has 114 heavy (non-hydrogen) atoms. The second kappa shape index (κ2) is 26.3. The molecule has 0 radical (unpaired) electrons. The number of hydrogen-bond acceptors (Lipinski definition) is 2. The molecule has 0 saturated heterocycles. The van der Waals surface area contributed by atoms with Crippen molar-refractivity contribution in [1.82, 2.24) is 9.13 Å². The summed E-state index contributed by atoms with van der Waals surface area (Å²) in [5, 5.41) is 22.1. The van der Waals surface area contributed by atoms with Crippen LogP contribution in [-0.4, -0.2) is 9.13 Å². The number of aromatic nitrogens is 2. The lowest BCUT2D eigenvalue weighted by Crippen LogP contribution is -1.95. The summed E-state index contributed by atoms with van der Waals surface area (Å²) < 4.78 is 17.1. The van der Waals surface area contributed by atoms with E-state index in [1.54, 1.807) is 0 Å². The predicted molar refractivity (Wildman–Crippen MR) is 482 cm³/mol. The van der Waals surface area contributed by atoms with Gasteiger partial charge in [0, 0.05) is 54.5 Å². The molecule has 0 amide bonds. The summed E-state index contributed by atoms with van der Waals surface area (Å²) in [6, 6.07) is 150. The smallest absolute Gasteiger partial charge is 0.135 e. The van der Waals surface area contributed by atoms with Gasteiger partial charge in [-0.05, 0) is 241 Å². The average molecular weight is 1450 g/mol. The van der Waals surface area contributed by atoms with Crippen LogP contribution in [0.3, 0.4) is 0 Å². The summed E-state index contributed by atoms with van der Waals surface area (Å²) in [7, 11) is 0. The van der Waals surface area contributed by atoms with Crippen LogP contribution in [0.5, 0.6) is 0 Å². The van der Waals surface area contributed by atoms with Crippen LogP contribution in [0.4, 0.5) is 0 Å². The van der Waals surface area contributed by atoms with Crippen molar-refractivity contribution >= 4 is 141 Å². The van der Waals surface area contributed by atoms with Gasteiger partial charge >= 0.3 is 0 Å². The van der Waals surface area contributed by atoms with E-state index < -0.39 is 0 Å². The first-order valence-corrected chi connectivity index (χ1v) is 39.2. The molecule has 0 aliphatic rings. The first kappa shape index (κ1) is 64.8. The van der Waals surface area contributed by atoms with Crippen LogP contribution >= 0.6 is 0 Å². The molecule has 530 valence electrons. The number of furan rings is 2. The van der Waals surface area contributed by atoms with Crippen LogP contribution in [0.15, 0.2) is 421 Å². The highest BCUT2D eigenvalue weighted by atomic mass is 16.3. The Morgan fingerprint density at radius 2 is 0.430 bits per heavy atom. The molecule has 24 aromatic rings. The van der Waals surface area contributed by atoms with Gasteiger partial charge in [-0.1, -0.05) is 303 Å². The van der Waals surface area contributed by atoms with Gasteiger partial charge in [0.15, 0.2) is 0 Å². The number of nitrogens with zero attached hydrogens (tertiary/aromatic N) is 2. The lowest BCUT2D eigenvalue weighted by molar-refractivity contribution is 0.668. The van der Waals surface area contributed by atoms with Gasteiger partial charge in [0.05, 0.1) is 22.1 Å². The summed E-state index contributed by atoms with van der Waals surface area (Å²) in [6.07, 6.45) is 0. The van der Waals surface area contributed by atoms with Crippen molar-refractivity contribution in [3.05, 3.63) is 413 Å². The van der Waals surface area contributed by atoms with Crippen molar-refractivity contribution in [3.8, 4) is 89.3 Å². The molecule has 4 heterocycles. The molecule has 4 nitrogen and oxygen atoms in total. The van der Waals surface area contributed by atoms with Crippen LogP contribution in [0, 0.1) is 0 Å². The minimum absolute atomic E-state index is 0.913. The van der Waals surface area contributed by atoms with Crippen LogP contribution < -0.4 is 0 Å². The maximum absolute atomic E-state index is 6.14. The molecule has 24 rings (SSSR count). The van der Waals surface area contributed by atoms with Gasteiger partial charge in [-0.25, -0.2) is 0 Å². The van der Waals surface area contributed by atoms with Gasteiger partial charge in [0.2, 0.25) is 0 Å². The zero-order valence-corrected chi connectivity index (χ0v) is 62.0. The Morgan fingerprint density at radius 3 is 0.904 bits per heavy atom. The lowest BCUT2D eigenvalue weighted by Gasteiger charge is -2.19.